The Morgan fingerprint density at radius 2 is 1.97 bits per heavy atom. The number of aromatic amines is 1. The normalized spacial score (nSPS) is 20.8. The minimum absolute atomic E-state index is 0.0394. The fourth-order valence-corrected chi connectivity index (χ4v) is 4.91. The summed E-state index contributed by atoms with van der Waals surface area (Å²) in [6.45, 7) is 4.52. The molecule has 2 amide bonds. The maximum absolute atomic E-state index is 13.3. The van der Waals surface area contributed by atoms with Crippen molar-refractivity contribution in [2.45, 2.75) is 70.4 Å². The maximum atomic E-state index is 13.3. The Bertz CT molecular complexity index is 916. The number of likely N-dealkylation sites (tertiary alicyclic amines) is 1. The van der Waals surface area contributed by atoms with Gasteiger partial charge in [-0.25, -0.2) is 9.78 Å². The molecule has 1 aliphatic heterocycles. The van der Waals surface area contributed by atoms with Crippen LogP contribution in [0.2, 0.25) is 0 Å². The number of hydrogen-bond donors (Lipinski definition) is 2. The third-order valence-electron chi connectivity index (χ3n) is 6.59. The monoisotopic (exact) mass is 412 g/mol. The number of carbonyl (C=O) groups is 2. The first-order chi connectivity index (χ1) is 14.5. The molecule has 0 radical (unpaired) electrons. The zero-order valence-electron chi connectivity index (χ0n) is 18.1. The van der Waals surface area contributed by atoms with E-state index in [2.05, 4.69) is 28.5 Å². The quantitative estimate of drug-likeness (QED) is 0.768. The molecular formula is C23H32N4O3. The molecule has 162 valence electrons. The van der Waals surface area contributed by atoms with Gasteiger partial charge in [-0.05, 0) is 55.2 Å². The Hall–Kier alpha value is -2.57. The van der Waals surface area contributed by atoms with Crippen molar-refractivity contribution in [1.82, 2.24) is 20.2 Å². The summed E-state index contributed by atoms with van der Waals surface area (Å²) in [4.78, 5) is 35.2. The highest BCUT2D eigenvalue weighted by molar-refractivity contribution is 5.86. The number of carbonyl (C=O) groups excluding carboxylic acids is 2. The van der Waals surface area contributed by atoms with Crippen molar-refractivity contribution in [3.63, 3.8) is 0 Å². The molecule has 1 saturated carbocycles. The highest BCUT2D eigenvalue weighted by Gasteiger charge is 2.37. The van der Waals surface area contributed by atoms with Crippen LogP contribution in [-0.4, -0.2) is 46.6 Å². The van der Waals surface area contributed by atoms with E-state index >= 15 is 0 Å². The van der Waals surface area contributed by atoms with Crippen LogP contribution in [0.1, 0.15) is 75.7 Å². The van der Waals surface area contributed by atoms with Gasteiger partial charge < -0.3 is 19.9 Å². The second kappa shape index (κ2) is 8.66. The van der Waals surface area contributed by atoms with E-state index in [1.165, 1.54) is 38.4 Å². The fourth-order valence-electron chi connectivity index (χ4n) is 4.91. The second-order valence-electron chi connectivity index (χ2n) is 8.93. The Kier molecular flexibility index (Phi) is 5.97. The highest BCUT2D eigenvalue weighted by Crippen LogP contribution is 2.36. The molecule has 2 aliphatic rings. The van der Waals surface area contributed by atoms with Gasteiger partial charge in [-0.2, -0.15) is 0 Å². The van der Waals surface area contributed by atoms with Gasteiger partial charge in [-0.15, -0.1) is 0 Å². The molecule has 7 heteroatoms. The van der Waals surface area contributed by atoms with Crippen LogP contribution in [0.15, 0.2) is 18.2 Å². The molecule has 0 unspecified atom stereocenters. The van der Waals surface area contributed by atoms with Crippen LogP contribution in [0.3, 0.4) is 0 Å². The summed E-state index contributed by atoms with van der Waals surface area (Å²) in [5.41, 5.74) is 3.36. The molecule has 2 aromatic rings. The molecule has 0 spiro atoms. The first-order valence-corrected chi connectivity index (χ1v) is 11.1. The number of imidazole rings is 1. The summed E-state index contributed by atoms with van der Waals surface area (Å²) in [7, 11) is 1.31. The van der Waals surface area contributed by atoms with E-state index in [0.717, 1.165) is 29.7 Å². The van der Waals surface area contributed by atoms with Gasteiger partial charge in [0, 0.05) is 6.54 Å². The molecular weight excluding hydrogens is 380 g/mol. The molecule has 1 aromatic carbocycles. The number of benzene rings is 1. The van der Waals surface area contributed by atoms with E-state index < -0.39 is 12.1 Å². The minimum Gasteiger partial charge on any atom is -0.453 e. The van der Waals surface area contributed by atoms with Crippen molar-refractivity contribution in [3.8, 4) is 0 Å². The number of hydrogen-bond acceptors (Lipinski definition) is 4. The van der Waals surface area contributed by atoms with Crippen LogP contribution in [0.4, 0.5) is 4.79 Å². The van der Waals surface area contributed by atoms with E-state index in [4.69, 9.17) is 9.72 Å². The molecule has 4 rings (SSSR count). The van der Waals surface area contributed by atoms with Crippen molar-refractivity contribution in [1.29, 1.82) is 0 Å². The smallest absolute Gasteiger partial charge is 0.407 e. The Morgan fingerprint density at radius 1 is 1.20 bits per heavy atom. The standard InChI is InChI=1S/C23H32N4O3/c1-14(2)20(26-23(29)30-3)22(28)27-12-6-9-19(27)21-24-17-11-10-16(13-18(17)25-21)15-7-4-5-8-15/h10-11,13-15,19-20H,4-9,12H2,1-3H3,(H,24,25)(H,26,29)/t19-,20-/m0/s1. The predicted octanol–water partition coefficient (Wildman–Crippen LogP) is 4.26. The Balaban J connectivity index is 1.57. The third kappa shape index (κ3) is 4.02. The summed E-state index contributed by atoms with van der Waals surface area (Å²) < 4.78 is 4.71. The number of amides is 2. The molecule has 1 saturated heterocycles. The number of nitrogens with zero attached hydrogens (tertiary/aromatic N) is 2. The van der Waals surface area contributed by atoms with Gasteiger partial charge in [0.25, 0.3) is 0 Å². The molecule has 1 aromatic heterocycles. The second-order valence-corrected chi connectivity index (χ2v) is 8.93. The van der Waals surface area contributed by atoms with Crippen molar-refractivity contribution >= 4 is 23.0 Å². The van der Waals surface area contributed by atoms with E-state index in [-0.39, 0.29) is 17.9 Å². The summed E-state index contributed by atoms with van der Waals surface area (Å²) in [6.07, 6.45) is 6.35. The first-order valence-electron chi connectivity index (χ1n) is 11.1. The number of ether oxygens (including phenoxy) is 1. The van der Waals surface area contributed by atoms with Gasteiger partial charge in [0.2, 0.25) is 5.91 Å². The molecule has 2 N–H and O–H groups in total. The first kappa shape index (κ1) is 20.7. The molecule has 0 bridgehead atoms. The van der Waals surface area contributed by atoms with Crippen LogP contribution < -0.4 is 5.32 Å². The molecule has 2 atom stereocenters. The topological polar surface area (TPSA) is 87.3 Å². The Morgan fingerprint density at radius 3 is 2.67 bits per heavy atom. The van der Waals surface area contributed by atoms with Gasteiger partial charge in [0.1, 0.15) is 11.9 Å². The average molecular weight is 413 g/mol. The fraction of sp³-hybridized carbons (Fsp3) is 0.609. The van der Waals surface area contributed by atoms with Crippen LogP contribution in [-0.2, 0) is 9.53 Å². The predicted molar refractivity (Wildman–Crippen MR) is 115 cm³/mol. The number of nitrogens with one attached hydrogen (secondary N) is 2. The average Bonchev–Trinajstić information content (AvgIpc) is 3.49. The van der Waals surface area contributed by atoms with Crippen molar-refractivity contribution in [2.24, 2.45) is 5.92 Å². The number of fused-ring (bicyclic) bond motifs is 1. The molecule has 30 heavy (non-hydrogen) atoms. The molecule has 2 fully saturated rings. The number of aromatic nitrogens is 2. The van der Waals surface area contributed by atoms with E-state index in [9.17, 15) is 9.59 Å². The maximum Gasteiger partial charge on any atom is 0.407 e. The number of alkyl carbamates (subject to hydrolysis) is 1. The Labute approximate surface area is 177 Å². The lowest BCUT2D eigenvalue weighted by Crippen LogP contribution is -2.51. The lowest BCUT2D eigenvalue weighted by atomic mass is 9.97. The number of methoxy groups -OCH3 is 1. The molecule has 1 aliphatic carbocycles. The third-order valence-corrected chi connectivity index (χ3v) is 6.59. The van der Waals surface area contributed by atoms with Crippen molar-refractivity contribution in [3.05, 3.63) is 29.6 Å². The van der Waals surface area contributed by atoms with Crippen molar-refractivity contribution in [2.75, 3.05) is 13.7 Å². The number of H-pyrrole nitrogens is 1. The summed E-state index contributed by atoms with van der Waals surface area (Å²) in [6, 6.07) is 5.84. The SMILES string of the molecule is COC(=O)N[C@H](C(=O)N1CCC[C@H]1c1nc2cc(C3CCCC3)ccc2[nH]1)C(C)C. The zero-order chi connectivity index (χ0) is 21.3. The minimum atomic E-state index is -0.614. The van der Waals surface area contributed by atoms with Gasteiger partial charge in [0.05, 0.1) is 24.2 Å². The van der Waals surface area contributed by atoms with Gasteiger partial charge in [-0.3, -0.25) is 4.79 Å². The number of rotatable bonds is 5. The summed E-state index contributed by atoms with van der Waals surface area (Å²) in [5, 5.41) is 2.70. The summed E-state index contributed by atoms with van der Waals surface area (Å²) >= 11 is 0. The van der Waals surface area contributed by atoms with Gasteiger partial charge >= 0.3 is 6.09 Å². The van der Waals surface area contributed by atoms with Crippen LogP contribution >= 0.6 is 0 Å². The highest BCUT2D eigenvalue weighted by atomic mass is 16.5. The summed E-state index contributed by atoms with van der Waals surface area (Å²) in [5.74, 6) is 1.36. The van der Waals surface area contributed by atoms with Crippen molar-refractivity contribution < 1.29 is 14.3 Å². The van der Waals surface area contributed by atoms with Crippen LogP contribution in [0.25, 0.3) is 11.0 Å². The lowest BCUT2D eigenvalue weighted by Gasteiger charge is -2.29. The molecule has 7 nitrogen and oxygen atoms in total. The lowest BCUT2D eigenvalue weighted by molar-refractivity contribution is -0.135. The van der Waals surface area contributed by atoms with Gasteiger partial charge in [0.15, 0.2) is 0 Å². The van der Waals surface area contributed by atoms with E-state index in [0.29, 0.717) is 12.5 Å². The largest absolute Gasteiger partial charge is 0.453 e. The van der Waals surface area contributed by atoms with E-state index in [1.807, 2.05) is 18.7 Å². The molecule has 2 heterocycles. The van der Waals surface area contributed by atoms with Crippen LogP contribution in [0, 0.1) is 5.92 Å². The van der Waals surface area contributed by atoms with Gasteiger partial charge in [-0.1, -0.05) is 32.8 Å². The van der Waals surface area contributed by atoms with E-state index in [1.54, 1.807) is 0 Å². The zero-order valence-corrected chi connectivity index (χ0v) is 18.1. The van der Waals surface area contributed by atoms with Crippen LogP contribution in [0.5, 0.6) is 0 Å².